The summed E-state index contributed by atoms with van der Waals surface area (Å²) in [5.41, 5.74) is 7.39. The highest BCUT2D eigenvalue weighted by Crippen LogP contribution is 2.17. The number of nitrogen functional groups attached to an aromatic ring is 1. The van der Waals surface area contributed by atoms with Gasteiger partial charge in [-0.15, -0.1) is 0 Å². The number of anilines is 3. The van der Waals surface area contributed by atoms with E-state index < -0.39 is 12.1 Å². The molecule has 2 heterocycles. The van der Waals surface area contributed by atoms with Crippen molar-refractivity contribution in [2.24, 2.45) is 0 Å². The van der Waals surface area contributed by atoms with Crippen molar-refractivity contribution in [3.05, 3.63) is 71.8 Å². The van der Waals surface area contributed by atoms with E-state index in [1.165, 1.54) is 24.3 Å². The maximum absolute atomic E-state index is 13.1. The molecule has 10 heteroatoms. The Balaban J connectivity index is 1.43. The van der Waals surface area contributed by atoms with Gasteiger partial charge in [-0.2, -0.15) is 15.0 Å². The predicted octanol–water partition coefficient (Wildman–Crippen LogP) is 2.39. The van der Waals surface area contributed by atoms with Crippen LogP contribution in [0.1, 0.15) is 17.8 Å². The van der Waals surface area contributed by atoms with Crippen LogP contribution in [0.2, 0.25) is 0 Å². The summed E-state index contributed by atoms with van der Waals surface area (Å²) in [5, 5.41) is 5.60. The van der Waals surface area contributed by atoms with Crippen molar-refractivity contribution in [2.45, 2.75) is 25.4 Å². The summed E-state index contributed by atoms with van der Waals surface area (Å²) in [6.07, 6.45) is 1.15. The summed E-state index contributed by atoms with van der Waals surface area (Å²) in [4.78, 5) is 38.4. The van der Waals surface area contributed by atoms with E-state index in [9.17, 15) is 14.0 Å². The van der Waals surface area contributed by atoms with Crippen LogP contribution in [-0.4, -0.2) is 37.8 Å². The third-order valence-corrected chi connectivity index (χ3v) is 4.77. The van der Waals surface area contributed by atoms with Crippen molar-refractivity contribution in [1.29, 1.82) is 0 Å². The van der Waals surface area contributed by atoms with Gasteiger partial charge < -0.3 is 16.4 Å². The van der Waals surface area contributed by atoms with Crippen LogP contribution in [0.5, 0.6) is 0 Å². The molecule has 0 radical (unpaired) electrons. The number of aromatic nitrogens is 3. The van der Waals surface area contributed by atoms with Crippen LogP contribution in [0.15, 0.2) is 54.6 Å². The Labute approximate surface area is 177 Å². The highest BCUT2D eigenvalue weighted by atomic mass is 19.1. The molecule has 0 spiro atoms. The third-order valence-electron chi connectivity index (χ3n) is 4.77. The Kier molecular flexibility index (Phi) is 5.69. The van der Waals surface area contributed by atoms with Crippen LogP contribution >= 0.6 is 0 Å². The fourth-order valence-electron chi connectivity index (χ4n) is 3.25. The minimum atomic E-state index is -0.608. The summed E-state index contributed by atoms with van der Waals surface area (Å²) in [5.74, 6) is -0.497. The molecule has 158 valence electrons. The fraction of sp³-hybridized carbons (Fsp3) is 0.190. The standard InChI is InChI=1S/C21H20FN7O2/c22-14-7-9-15(10-8-14)24-20-27-17(26-19(23)28-20)12-29-18(30)16(25-21(29)31)11-6-13-4-2-1-3-5-13/h1-5,7-10,16H,6,11-12H2,(H,25,31)(H3,23,24,26,27,28). The normalized spacial score (nSPS) is 15.8. The highest BCUT2D eigenvalue weighted by Gasteiger charge is 2.38. The Morgan fingerprint density at radius 3 is 2.52 bits per heavy atom. The number of halogens is 1. The Bertz CT molecular complexity index is 1090. The van der Waals surface area contributed by atoms with Gasteiger partial charge in [0.1, 0.15) is 11.9 Å². The number of urea groups is 1. The fourth-order valence-corrected chi connectivity index (χ4v) is 3.25. The summed E-state index contributed by atoms with van der Waals surface area (Å²) < 4.78 is 13.1. The topological polar surface area (TPSA) is 126 Å². The van der Waals surface area contributed by atoms with Crippen molar-refractivity contribution in [1.82, 2.24) is 25.2 Å². The second-order valence-corrected chi connectivity index (χ2v) is 7.02. The molecule has 1 saturated heterocycles. The molecule has 0 bridgehead atoms. The first-order valence-corrected chi connectivity index (χ1v) is 9.67. The number of nitrogens with two attached hydrogens (primary N) is 1. The molecule has 1 aliphatic heterocycles. The number of rotatable bonds is 7. The molecule has 1 atom stereocenters. The third kappa shape index (κ3) is 4.92. The van der Waals surface area contributed by atoms with Gasteiger partial charge in [0.15, 0.2) is 5.82 Å². The average molecular weight is 421 g/mol. The van der Waals surface area contributed by atoms with Gasteiger partial charge in [0.25, 0.3) is 5.91 Å². The Hall–Kier alpha value is -4.08. The van der Waals surface area contributed by atoms with E-state index in [2.05, 4.69) is 25.6 Å². The molecular weight excluding hydrogens is 401 g/mol. The van der Waals surface area contributed by atoms with Crippen LogP contribution < -0.4 is 16.4 Å². The number of carbonyl (C=O) groups excluding carboxylic acids is 2. The number of amides is 3. The second kappa shape index (κ2) is 8.74. The van der Waals surface area contributed by atoms with E-state index in [-0.39, 0.29) is 36.0 Å². The lowest BCUT2D eigenvalue weighted by Crippen LogP contribution is -2.32. The SMILES string of the molecule is Nc1nc(CN2C(=O)NC(CCc3ccccc3)C2=O)nc(Nc2ccc(F)cc2)n1. The maximum atomic E-state index is 13.1. The van der Waals surface area contributed by atoms with Gasteiger partial charge in [-0.3, -0.25) is 9.69 Å². The first-order chi connectivity index (χ1) is 15.0. The molecule has 0 aliphatic carbocycles. The van der Waals surface area contributed by atoms with Gasteiger partial charge in [0.05, 0.1) is 6.54 Å². The van der Waals surface area contributed by atoms with Gasteiger partial charge in [-0.1, -0.05) is 30.3 Å². The van der Waals surface area contributed by atoms with Crippen molar-refractivity contribution < 1.29 is 14.0 Å². The van der Waals surface area contributed by atoms with Gasteiger partial charge in [0, 0.05) is 5.69 Å². The minimum Gasteiger partial charge on any atom is -0.368 e. The molecule has 3 amide bonds. The monoisotopic (exact) mass is 421 g/mol. The largest absolute Gasteiger partial charge is 0.368 e. The molecule has 1 aromatic heterocycles. The number of hydrogen-bond acceptors (Lipinski definition) is 7. The predicted molar refractivity (Wildman–Crippen MR) is 112 cm³/mol. The van der Waals surface area contributed by atoms with E-state index in [1.807, 2.05) is 30.3 Å². The molecule has 2 aromatic carbocycles. The lowest BCUT2D eigenvalue weighted by Gasteiger charge is -2.13. The summed E-state index contributed by atoms with van der Waals surface area (Å²) in [7, 11) is 0. The molecular formula is C21H20FN7O2. The molecule has 1 unspecified atom stereocenters. The molecule has 0 saturated carbocycles. The van der Waals surface area contributed by atoms with Crippen molar-refractivity contribution >= 4 is 29.5 Å². The quantitative estimate of drug-likeness (QED) is 0.500. The number of nitrogens with zero attached hydrogens (tertiary/aromatic N) is 4. The van der Waals surface area contributed by atoms with Crippen LogP contribution in [0.4, 0.5) is 26.8 Å². The number of hydrogen-bond donors (Lipinski definition) is 3. The zero-order chi connectivity index (χ0) is 21.8. The summed E-state index contributed by atoms with van der Waals surface area (Å²) in [6, 6.07) is 14.2. The molecule has 4 rings (SSSR count). The molecule has 1 aliphatic rings. The van der Waals surface area contributed by atoms with Crippen LogP contribution in [0, 0.1) is 5.82 Å². The van der Waals surface area contributed by atoms with Crippen LogP contribution in [0.3, 0.4) is 0 Å². The van der Waals surface area contributed by atoms with E-state index in [0.717, 1.165) is 10.5 Å². The number of aryl methyl sites for hydroxylation is 1. The van der Waals surface area contributed by atoms with Gasteiger partial charge in [-0.25, -0.2) is 9.18 Å². The van der Waals surface area contributed by atoms with E-state index in [4.69, 9.17) is 5.73 Å². The van der Waals surface area contributed by atoms with Crippen molar-refractivity contribution in [2.75, 3.05) is 11.1 Å². The Morgan fingerprint density at radius 1 is 1.03 bits per heavy atom. The molecule has 31 heavy (non-hydrogen) atoms. The van der Waals surface area contributed by atoms with Crippen LogP contribution in [-0.2, 0) is 17.8 Å². The van der Waals surface area contributed by atoms with Gasteiger partial charge in [0.2, 0.25) is 11.9 Å². The zero-order valence-corrected chi connectivity index (χ0v) is 16.5. The first-order valence-electron chi connectivity index (χ1n) is 9.67. The lowest BCUT2D eigenvalue weighted by molar-refractivity contribution is -0.128. The highest BCUT2D eigenvalue weighted by molar-refractivity contribution is 6.04. The van der Waals surface area contributed by atoms with E-state index in [1.54, 1.807) is 0 Å². The van der Waals surface area contributed by atoms with E-state index in [0.29, 0.717) is 18.5 Å². The average Bonchev–Trinajstić information content (AvgIpc) is 3.02. The number of nitrogens with one attached hydrogen (secondary N) is 2. The molecule has 1 fully saturated rings. The number of benzene rings is 2. The van der Waals surface area contributed by atoms with E-state index >= 15 is 0 Å². The summed E-state index contributed by atoms with van der Waals surface area (Å²) in [6.45, 7) is -0.142. The number of imide groups is 1. The zero-order valence-electron chi connectivity index (χ0n) is 16.5. The van der Waals surface area contributed by atoms with Crippen molar-refractivity contribution in [3.8, 4) is 0 Å². The Morgan fingerprint density at radius 2 is 1.77 bits per heavy atom. The van der Waals surface area contributed by atoms with Gasteiger partial charge in [-0.05, 0) is 42.7 Å². The smallest absolute Gasteiger partial charge is 0.325 e. The molecule has 9 nitrogen and oxygen atoms in total. The lowest BCUT2D eigenvalue weighted by atomic mass is 10.1. The second-order valence-electron chi connectivity index (χ2n) is 7.02. The van der Waals surface area contributed by atoms with Crippen molar-refractivity contribution in [3.63, 3.8) is 0 Å². The summed E-state index contributed by atoms with van der Waals surface area (Å²) >= 11 is 0. The van der Waals surface area contributed by atoms with Gasteiger partial charge >= 0.3 is 6.03 Å². The van der Waals surface area contributed by atoms with Crippen LogP contribution in [0.25, 0.3) is 0 Å². The number of carbonyl (C=O) groups is 2. The molecule has 3 aromatic rings. The first kappa shape index (κ1) is 20.2. The molecule has 4 N–H and O–H groups in total. The maximum Gasteiger partial charge on any atom is 0.325 e. The minimum absolute atomic E-state index is 0.0673.